The monoisotopic (exact) mass is 236 g/mol. The van der Waals surface area contributed by atoms with E-state index in [0.29, 0.717) is 11.4 Å². The van der Waals surface area contributed by atoms with Crippen LogP contribution in [0.5, 0.6) is 0 Å². The summed E-state index contributed by atoms with van der Waals surface area (Å²) in [7, 11) is 0. The zero-order valence-electron chi connectivity index (χ0n) is 8.88. The van der Waals surface area contributed by atoms with Crippen molar-refractivity contribution in [2.75, 3.05) is 6.54 Å². The average molecular weight is 236 g/mol. The summed E-state index contributed by atoms with van der Waals surface area (Å²) in [6.07, 6.45) is 5.31. The van der Waals surface area contributed by atoms with Gasteiger partial charge in [-0.05, 0) is 6.92 Å². The van der Waals surface area contributed by atoms with E-state index >= 15 is 0 Å². The molecule has 0 saturated heterocycles. The highest BCUT2D eigenvalue weighted by Crippen LogP contribution is 2.11. The Morgan fingerprint density at radius 2 is 2.50 bits per heavy atom. The summed E-state index contributed by atoms with van der Waals surface area (Å²) in [5.41, 5.74) is 2.46. The van der Waals surface area contributed by atoms with Crippen LogP contribution in [0.3, 0.4) is 0 Å². The number of carbonyl (C=O) groups is 1. The second-order valence-electron chi connectivity index (χ2n) is 3.32. The van der Waals surface area contributed by atoms with Crippen molar-refractivity contribution in [2.45, 2.75) is 13.5 Å². The summed E-state index contributed by atoms with van der Waals surface area (Å²) >= 11 is 1.36. The molecule has 0 unspecified atom stereocenters. The minimum absolute atomic E-state index is 0.0554. The second kappa shape index (κ2) is 4.89. The van der Waals surface area contributed by atoms with Gasteiger partial charge in [0.2, 0.25) is 0 Å². The first-order valence-corrected chi connectivity index (χ1v) is 5.79. The number of nitrogens with one attached hydrogen (secondary N) is 1. The van der Waals surface area contributed by atoms with Gasteiger partial charge in [0.25, 0.3) is 5.91 Å². The van der Waals surface area contributed by atoms with Gasteiger partial charge in [0.1, 0.15) is 4.88 Å². The van der Waals surface area contributed by atoms with Crippen LogP contribution in [0.25, 0.3) is 0 Å². The van der Waals surface area contributed by atoms with Gasteiger partial charge in [-0.1, -0.05) is 0 Å². The molecule has 6 heteroatoms. The van der Waals surface area contributed by atoms with Crippen molar-refractivity contribution in [1.82, 2.24) is 19.9 Å². The standard InChI is InChI=1S/C10H12N4OS/c1-8-9(16-7-13-8)10(15)12-3-5-14-4-2-11-6-14/h2,4,6-7H,3,5H2,1H3,(H,12,15). The lowest BCUT2D eigenvalue weighted by Gasteiger charge is -2.04. The first-order valence-electron chi connectivity index (χ1n) is 4.91. The minimum Gasteiger partial charge on any atom is -0.349 e. The molecule has 16 heavy (non-hydrogen) atoms. The van der Waals surface area contributed by atoms with E-state index in [0.717, 1.165) is 12.2 Å². The fraction of sp³-hybridized carbons (Fsp3) is 0.300. The Labute approximate surface area is 97.2 Å². The predicted molar refractivity (Wildman–Crippen MR) is 61.4 cm³/mol. The smallest absolute Gasteiger partial charge is 0.263 e. The van der Waals surface area contributed by atoms with Crippen LogP contribution >= 0.6 is 11.3 Å². The summed E-state index contributed by atoms with van der Waals surface area (Å²) < 4.78 is 1.92. The van der Waals surface area contributed by atoms with Gasteiger partial charge in [-0.15, -0.1) is 11.3 Å². The Morgan fingerprint density at radius 3 is 3.12 bits per heavy atom. The SMILES string of the molecule is Cc1ncsc1C(=O)NCCn1ccnc1. The summed E-state index contributed by atoms with van der Waals surface area (Å²) in [6.45, 7) is 3.15. The van der Waals surface area contributed by atoms with Crippen molar-refractivity contribution in [3.05, 3.63) is 34.8 Å². The maximum Gasteiger partial charge on any atom is 0.263 e. The van der Waals surface area contributed by atoms with Crippen LogP contribution in [0, 0.1) is 6.92 Å². The molecule has 0 aliphatic heterocycles. The highest BCUT2D eigenvalue weighted by Gasteiger charge is 2.10. The lowest BCUT2D eigenvalue weighted by molar-refractivity contribution is 0.0955. The molecule has 2 rings (SSSR count). The number of carbonyl (C=O) groups excluding carboxylic acids is 1. The van der Waals surface area contributed by atoms with Crippen LogP contribution in [-0.4, -0.2) is 27.0 Å². The van der Waals surface area contributed by atoms with E-state index in [4.69, 9.17) is 0 Å². The number of aryl methyl sites for hydroxylation is 1. The summed E-state index contributed by atoms with van der Waals surface area (Å²) in [5.74, 6) is -0.0554. The topological polar surface area (TPSA) is 59.8 Å². The molecular weight excluding hydrogens is 224 g/mol. The highest BCUT2D eigenvalue weighted by atomic mass is 32.1. The average Bonchev–Trinajstić information content (AvgIpc) is 2.88. The van der Waals surface area contributed by atoms with Crippen LogP contribution in [0.1, 0.15) is 15.4 Å². The molecule has 0 atom stereocenters. The van der Waals surface area contributed by atoms with E-state index in [1.54, 1.807) is 18.0 Å². The molecule has 0 bridgehead atoms. The number of thiazole rings is 1. The van der Waals surface area contributed by atoms with Crippen LogP contribution < -0.4 is 5.32 Å². The zero-order valence-corrected chi connectivity index (χ0v) is 9.70. The van der Waals surface area contributed by atoms with E-state index in [9.17, 15) is 4.79 Å². The molecule has 0 aromatic carbocycles. The molecule has 0 radical (unpaired) electrons. The zero-order chi connectivity index (χ0) is 11.4. The lowest BCUT2D eigenvalue weighted by Crippen LogP contribution is -2.26. The predicted octanol–water partition coefficient (Wildman–Crippen LogP) is 1.08. The van der Waals surface area contributed by atoms with Gasteiger partial charge in [-0.3, -0.25) is 4.79 Å². The first-order chi connectivity index (χ1) is 7.77. The van der Waals surface area contributed by atoms with E-state index in [1.165, 1.54) is 11.3 Å². The van der Waals surface area contributed by atoms with Gasteiger partial charge in [0.05, 0.1) is 17.5 Å². The largest absolute Gasteiger partial charge is 0.349 e. The van der Waals surface area contributed by atoms with Gasteiger partial charge in [0.15, 0.2) is 0 Å². The Kier molecular flexibility index (Phi) is 3.31. The Hall–Kier alpha value is -1.69. The number of imidazole rings is 1. The van der Waals surface area contributed by atoms with E-state index < -0.39 is 0 Å². The summed E-state index contributed by atoms with van der Waals surface area (Å²) in [5, 5.41) is 2.85. The number of nitrogens with zero attached hydrogens (tertiary/aromatic N) is 3. The van der Waals surface area contributed by atoms with Crippen molar-refractivity contribution < 1.29 is 4.79 Å². The molecule has 84 valence electrons. The normalized spacial score (nSPS) is 10.3. The second-order valence-corrected chi connectivity index (χ2v) is 4.18. The van der Waals surface area contributed by atoms with Crippen LogP contribution in [0.4, 0.5) is 0 Å². The number of rotatable bonds is 4. The maximum absolute atomic E-state index is 11.7. The molecule has 0 fully saturated rings. The van der Waals surface area contributed by atoms with Crippen molar-refractivity contribution in [3.8, 4) is 0 Å². The fourth-order valence-electron chi connectivity index (χ4n) is 1.32. The van der Waals surface area contributed by atoms with Gasteiger partial charge in [-0.2, -0.15) is 0 Å². The van der Waals surface area contributed by atoms with Crippen molar-refractivity contribution in [1.29, 1.82) is 0 Å². The third-order valence-electron chi connectivity index (χ3n) is 2.17. The number of hydrogen-bond donors (Lipinski definition) is 1. The maximum atomic E-state index is 11.7. The summed E-state index contributed by atoms with van der Waals surface area (Å²) in [6, 6.07) is 0. The molecule has 2 heterocycles. The third kappa shape index (κ3) is 2.46. The van der Waals surface area contributed by atoms with E-state index in [1.807, 2.05) is 17.7 Å². The van der Waals surface area contributed by atoms with Gasteiger partial charge >= 0.3 is 0 Å². The molecule has 2 aromatic rings. The molecule has 0 aliphatic rings. The van der Waals surface area contributed by atoms with Crippen LogP contribution in [0.15, 0.2) is 24.2 Å². The minimum atomic E-state index is -0.0554. The molecule has 2 aromatic heterocycles. The van der Waals surface area contributed by atoms with Crippen molar-refractivity contribution in [2.24, 2.45) is 0 Å². The summed E-state index contributed by atoms with van der Waals surface area (Å²) in [4.78, 5) is 20.3. The number of amides is 1. The van der Waals surface area contributed by atoms with Crippen LogP contribution in [0.2, 0.25) is 0 Å². The molecule has 5 nitrogen and oxygen atoms in total. The lowest BCUT2D eigenvalue weighted by atomic mass is 10.4. The van der Waals surface area contributed by atoms with Gasteiger partial charge in [0, 0.05) is 25.5 Å². The van der Waals surface area contributed by atoms with E-state index in [-0.39, 0.29) is 5.91 Å². The number of hydrogen-bond acceptors (Lipinski definition) is 4. The molecule has 0 aliphatic carbocycles. The Balaban J connectivity index is 1.83. The fourth-order valence-corrected chi connectivity index (χ4v) is 2.04. The van der Waals surface area contributed by atoms with Crippen molar-refractivity contribution in [3.63, 3.8) is 0 Å². The first kappa shape index (κ1) is 10.8. The molecule has 0 saturated carbocycles. The van der Waals surface area contributed by atoms with Crippen LogP contribution in [-0.2, 0) is 6.54 Å². The van der Waals surface area contributed by atoms with Gasteiger partial charge < -0.3 is 9.88 Å². The Bertz CT molecular complexity index is 463. The Morgan fingerprint density at radius 1 is 1.62 bits per heavy atom. The molecule has 0 spiro atoms. The third-order valence-corrected chi connectivity index (χ3v) is 3.09. The van der Waals surface area contributed by atoms with Crippen molar-refractivity contribution >= 4 is 17.2 Å². The van der Waals surface area contributed by atoms with E-state index in [2.05, 4.69) is 15.3 Å². The quantitative estimate of drug-likeness (QED) is 0.864. The molecule has 1 amide bonds. The number of aromatic nitrogens is 3. The molecule has 1 N–H and O–H groups in total. The van der Waals surface area contributed by atoms with Gasteiger partial charge in [-0.25, -0.2) is 9.97 Å². The highest BCUT2D eigenvalue weighted by molar-refractivity contribution is 7.11. The molecular formula is C10H12N4OS.